The van der Waals surface area contributed by atoms with Crippen LogP contribution in [0.3, 0.4) is 0 Å². The van der Waals surface area contributed by atoms with Crippen molar-refractivity contribution in [2.24, 2.45) is 5.10 Å². The Labute approximate surface area is 158 Å². The van der Waals surface area contributed by atoms with E-state index >= 15 is 0 Å². The molecule has 6 nitrogen and oxygen atoms in total. The zero-order chi connectivity index (χ0) is 18.0. The number of esters is 1. The molecule has 0 bridgehead atoms. The van der Waals surface area contributed by atoms with Crippen LogP contribution in [0.25, 0.3) is 0 Å². The molecule has 0 saturated heterocycles. The van der Waals surface area contributed by atoms with E-state index in [1.165, 1.54) is 18.9 Å². The number of carbonyl (C=O) groups is 2. The molecule has 1 aliphatic rings. The molecule has 0 fully saturated rings. The molecule has 0 aromatic heterocycles. The second-order valence-corrected chi connectivity index (χ2v) is 6.63. The first kappa shape index (κ1) is 17.4. The van der Waals surface area contributed by atoms with Crippen molar-refractivity contribution in [2.45, 2.75) is 20.1 Å². The lowest BCUT2D eigenvalue weighted by molar-refractivity contribution is -0.135. The summed E-state index contributed by atoms with van der Waals surface area (Å²) in [6, 6.07) is 14.6. The normalized spacial score (nSPS) is 16.2. The number of benzene rings is 2. The van der Waals surface area contributed by atoms with Gasteiger partial charge in [-0.25, -0.2) is 0 Å². The highest BCUT2D eigenvalue weighted by molar-refractivity contribution is 14.1. The van der Waals surface area contributed by atoms with Crippen molar-refractivity contribution in [3.05, 3.63) is 63.2 Å². The fourth-order valence-corrected chi connectivity index (χ4v) is 3.01. The molecule has 1 aliphatic heterocycles. The molecule has 25 heavy (non-hydrogen) atoms. The van der Waals surface area contributed by atoms with Crippen LogP contribution in [0.4, 0.5) is 0 Å². The van der Waals surface area contributed by atoms with Crippen LogP contribution in [0.2, 0.25) is 0 Å². The molecule has 0 saturated carbocycles. The molecule has 0 unspecified atom stereocenters. The molecule has 0 radical (unpaired) electrons. The Bertz CT molecular complexity index is 866. The van der Waals surface area contributed by atoms with Crippen LogP contribution in [0.5, 0.6) is 5.75 Å². The van der Waals surface area contributed by atoms with Gasteiger partial charge in [-0.3, -0.25) is 9.59 Å². The highest BCUT2D eigenvalue weighted by Gasteiger charge is 2.34. The van der Waals surface area contributed by atoms with E-state index in [1.807, 2.05) is 24.3 Å². The van der Waals surface area contributed by atoms with Gasteiger partial charge in [0.25, 0.3) is 0 Å². The topological polar surface area (TPSA) is 68.2 Å². The second kappa shape index (κ2) is 7.22. The predicted octanol–water partition coefficient (Wildman–Crippen LogP) is 3.46. The Kier molecular flexibility index (Phi) is 5.03. The monoisotopic (exact) mass is 450 g/mol. The molecular weight excluding hydrogens is 435 g/mol. The molecule has 7 heteroatoms. The van der Waals surface area contributed by atoms with E-state index in [9.17, 15) is 9.59 Å². The van der Waals surface area contributed by atoms with Crippen LogP contribution in [-0.2, 0) is 14.3 Å². The minimum atomic E-state index is -0.660. The van der Waals surface area contributed by atoms with E-state index in [2.05, 4.69) is 27.7 Å². The van der Waals surface area contributed by atoms with E-state index in [1.54, 1.807) is 24.3 Å². The van der Waals surface area contributed by atoms with E-state index in [4.69, 9.17) is 9.47 Å². The maximum absolute atomic E-state index is 12.0. The van der Waals surface area contributed by atoms with Gasteiger partial charge in [-0.1, -0.05) is 24.3 Å². The van der Waals surface area contributed by atoms with Gasteiger partial charge in [0.05, 0.1) is 5.56 Å². The van der Waals surface area contributed by atoms with Crippen LogP contribution in [0.15, 0.2) is 53.6 Å². The average Bonchev–Trinajstić information content (AvgIpc) is 3.00. The van der Waals surface area contributed by atoms with Crippen molar-refractivity contribution >= 4 is 40.4 Å². The summed E-state index contributed by atoms with van der Waals surface area (Å²) in [6.45, 7) is 2.75. The van der Waals surface area contributed by atoms with Gasteiger partial charge in [-0.2, -0.15) is 5.01 Å². The zero-order valence-corrected chi connectivity index (χ0v) is 15.8. The Morgan fingerprint density at radius 2 is 1.92 bits per heavy atom. The van der Waals surface area contributed by atoms with E-state index < -0.39 is 12.2 Å². The Balaban J connectivity index is 1.98. The number of halogens is 1. The first-order valence-electron chi connectivity index (χ1n) is 7.54. The third kappa shape index (κ3) is 3.81. The fraction of sp³-hybridized carbons (Fsp3) is 0.167. The highest BCUT2D eigenvalue weighted by Crippen LogP contribution is 2.33. The molecule has 128 valence electrons. The van der Waals surface area contributed by atoms with Crippen molar-refractivity contribution in [1.82, 2.24) is 5.01 Å². The third-order valence-electron chi connectivity index (χ3n) is 3.47. The van der Waals surface area contributed by atoms with Gasteiger partial charge in [0.15, 0.2) is 0 Å². The summed E-state index contributed by atoms with van der Waals surface area (Å²) < 4.78 is 12.2. The van der Waals surface area contributed by atoms with Crippen molar-refractivity contribution in [3.8, 4) is 5.75 Å². The minimum Gasteiger partial charge on any atom is -0.446 e. The lowest BCUT2D eigenvalue weighted by Crippen LogP contribution is -2.25. The van der Waals surface area contributed by atoms with Gasteiger partial charge in [0, 0.05) is 23.0 Å². The summed E-state index contributed by atoms with van der Waals surface area (Å²) in [5.74, 6) is -0.121. The van der Waals surface area contributed by atoms with Crippen LogP contribution in [0.1, 0.15) is 31.2 Å². The Morgan fingerprint density at radius 3 is 2.60 bits per heavy atom. The number of ether oxygens (including phenoxy) is 2. The highest BCUT2D eigenvalue weighted by atomic mass is 127. The van der Waals surface area contributed by atoms with Crippen molar-refractivity contribution in [1.29, 1.82) is 0 Å². The minimum absolute atomic E-state index is 0.232. The lowest BCUT2D eigenvalue weighted by atomic mass is 10.2. The van der Waals surface area contributed by atoms with Crippen molar-refractivity contribution in [3.63, 3.8) is 0 Å². The van der Waals surface area contributed by atoms with E-state index in [-0.39, 0.29) is 11.8 Å². The molecule has 2 aromatic rings. The molecule has 0 spiro atoms. The molecule has 1 atom stereocenters. The van der Waals surface area contributed by atoms with Crippen LogP contribution < -0.4 is 4.74 Å². The number of rotatable bonds is 3. The van der Waals surface area contributed by atoms with Gasteiger partial charge in [0.1, 0.15) is 5.75 Å². The molecule has 0 aliphatic carbocycles. The van der Waals surface area contributed by atoms with Gasteiger partial charge in [0.2, 0.25) is 18.0 Å². The number of hydrogen-bond donors (Lipinski definition) is 0. The van der Waals surface area contributed by atoms with E-state index in [0.717, 1.165) is 9.13 Å². The molecule has 1 heterocycles. The summed E-state index contributed by atoms with van der Waals surface area (Å²) in [4.78, 5) is 23.3. The molecule has 3 rings (SSSR count). The molecule has 0 N–H and O–H groups in total. The van der Waals surface area contributed by atoms with Crippen molar-refractivity contribution in [2.75, 3.05) is 0 Å². The van der Waals surface area contributed by atoms with Crippen LogP contribution in [-0.4, -0.2) is 22.8 Å². The van der Waals surface area contributed by atoms with Crippen LogP contribution >= 0.6 is 22.6 Å². The Morgan fingerprint density at radius 1 is 1.16 bits per heavy atom. The SMILES string of the molecule is CC(=O)Oc1ccccc1C1=NN(C(C)=O)[C@H](c2cccc(I)c2)O1. The van der Waals surface area contributed by atoms with E-state index in [0.29, 0.717) is 11.3 Å². The van der Waals surface area contributed by atoms with Crippen LogP contribution in [0, 0.1) is 3.57 Å². The predicted molar refractivity (Wildman–Crippen MR) is 99.8 cm³/mol. The average molecular weight is 450 g/mol. The van der Waals surface area contributed by atoms with Gasteiger partial charge in [-0.15, -0.1) is 5.10 Å². The summed E-state index contributed by atoms with van der Waals surface area (Å²) in [5, 5.41) is 5.58. The number of para-hydroxylation sites is 1. The lowest BCUT2D eigenvalue weighted by Gasteiger charge is -2.19. The summed E-state index contributed by atoms with van der Waals surface area (Å²) in [5.41, 5.74) is 1.32. The molecule has 1 amide bonds. The number of hydrogen-bond acceptors (Lipinski definition) is 5. The number of amides is 1. The molecular formula is C18H15IN2O4. The smallest absolute Gasteiger partial charge is 0.308 e. The standard InChI is InChI=1S/C18H15IN2O4/c1-11(22)21-18(13-6-5-7-14(19)10-13)25-17(20-21)15-8-3-4-9-16(15)24-12(2)23/h3-10,18H,1-2H3/t18-/m0/s1. The largest absolute Gasteiger partial charge is 0.446 e. The second-order valence-electron chi connectivity index (χ2n) is 5.38. The summed E-state index contributed by atoms with van der Waals surface area (Å²) in [7, 11) is 0. The first-order valence-corrected chi connectivity index (χ1v) is 8.62. The number of carbonyl (C=O) groups excluding carboxylic acids is 2. The van der Waals surface area contributed by atoms with Gasteiger partial charge >= 0.3 is 5.97 Å². The summed E-state index contributed by atoms with van der Waals surface area (Å²) in [6.07, 6.45) is -0.660. The quantitative estimate of drug-likeness (QED) is 0.408. The van der Waals surface area contributed by atoms with Gasteiger partial charge in [-0.05, 0) is 46.9 Å². The Hall–Kier alpha value is -2.42. The number of nitrogens with zero attached hydrogens (tertiary/aromatic N) is 2. The first-order chi connectivity index (χ1) is 12.0. The summed E-state index contributed by atoms with van der Waals surface area (Å²) >= 11 is 2.20. The third-order valence-corrected chi connectivity index (χ3v) is 4.14. The van der Waals surface area contributed by atoms with Crippen molar-refractivity contribution < 1.29 is 19.1 Å². The molecule has 2 aromatic carbocycles. The number of hydrazone groups is 1. The fourth-order valence-electron chi connectivity index (χ4n) is 2.44. The maximum Gasteiger partial charge on any atom is 0.308 e. The van der Waals surface area contributed by atoms with Gasteiger partial charge < -0.3 is 9.47 Å². The zero-order valence-electron chi connectivity index (χ0n) is 13.6. The maximum atomic E-state index is 12.0.